The quantitative estimate of drug-likeness (QED) is 0.788. The molecule has 3 N–H and O–H groups in total. The fourth-order valence-corrected chi connectivity index (χ4v) is 2.72. The summed E-state index contributed by atoms with van der Waals surface area (Å²) in [5.74, 6) is 0.875. The number of nitrogens with zero attached hydrogens (tertiary/aromatic N) is 1. The highest BCUT2D eigenvalue weighted by molar-refractivity contribution is 7.99. The van der Waals surface area contributed by atoms with Crippen LogP contribution in [0.25, 0.3) is 11.0 Å². The zero-order valence-corrected chi connectivity index (χ0v) is 11.6. The Morgan fingerprint density at radius 2 is 2.33 bits per heavy atom. The van der Waals surface area contributed by atoms with Crippen LogP contribution in [0.15, 0.2) is 23.4 Å². The Labute approximate surface area is 111 Å². The summed E-state index contributed by atoms with van der Waals surface area (Å²) >= 11 is 1.73. The number of nitrogens with two attached hydrogens (primary N) is 1. The van der Waals surface area contributed by atoms with Crippen LogP contribution in [0.4, 0.5) is 0 Å². The van der Waals surface area contributed by atoms with Gasteiger partial charge in [0.1, 0.15) is 5.75 Å². The van der Waals surface area contributed by atoms with Crippen LogP contribution in [-0.4, -0.2) is 28.4 Å². The van der Waals surface area contributed by atoms with Gasteiger partial charge < -0.3 is 15.5 Å². The van der Waals surface area contributed by atoms with E-state index in [0.29, 0.717) is 18.4 Å². The van der Waals surface area contributed by atoms with Gasteiger partial charge in [0.05, 0.1) is 17.6 Å². The molecule has 1 aromatic heterocycles. The van der Waals surface area contributed by atoms with E-state index in [4.69, 9.17) is 10.5 Å². The van der Waals surface area contributed by atoms with E-state index in [1.165, 1.54) is 0 Å². The number of ether oxygens (including phenoxy) is 1. The van der Waals surface area contributed by atoms with Crippen molar-refractivity contribution in [3.8, 4) is 5.75 Å². The molecule has 98 valence electrons. The summed E-state index contributed by atoms with van der Waals surface area (Å²) < 4.78 is 5.47. The van der Waals surface area contributed by atoms with E-state index in [2.05, 4.69) is 16.9 Å². The number of thioether (sulfide) groups is 1. The fraction of sp³-hybridized carbons (Fsp3) is 0.462. The Morgan fingerprint density at radius 1 is 1.50 bits per heavy atom. The van der Waals surface area contributed by atoms with Crippen molar-refractivity contribution in [3.63, 3.8) is 0 Å². The second-order valence-electron chi connectivity index (χ2n) is 4.16. The molecule has 0 amide bonds. The van der Waals surface area contributed by atoms with E-state index in [1.54, 1.807) is 11.8 Å². The molecule has 0 bridgehead atoms. The van der Waals surface area contributed by atoms with Crippen molar-refractivity contribution in [2.75, 3.05) is 13.2 Å². The summed E-state index contributed by atoms with van der Waals surface area (Å²) in [5, 5.41) is 1.42. The first-order valence-corrected chi connectivity index (χ1v) is 7.10. The van der Waals surface area contributed by atoms with Gasteiger partial charge in [-0.1, -0.05) is 18.7 Å². The van der Waals surface area contributed by atoms with Crippen molar-refractivity contribution < 1.29 is 4.74 Å². The molecule has 4 nitrogen and oxygen atoms in total. The van der Waals surface area contributed by atoms with E-state index in [0.717, 1.165) is 28.4 Å². The van der Waals surface area contributed by atoms with Crippen LogP contribution in [0, 0.1) is 0 Å². The first-order valence-electron chi connectivity index (χ1n) is 6.22. The Hall–Kier alpha value is -1.20. The molecule has 0 saturated heterocycles. The summed E-state index contributed by atoms with van der Waals surface area (Å²) in [5.41, 5.74) is 7.54. The molecule has 0 saturated carbocycles. The minimum Gasteiger partial charge on any atom is -0.494 e. The van der Waals surface area contributed by atoms with E-state index in [-0.39, 0.29) is 0 Å². The van der Waals surface area contributed by atoms with Crippen molar-refractivity contribution in [1.82, 2.24) is 9.97 Å². The van der Waals surface area contributed by atoms with Gasteiger partial charge in [0, 0.05) is 11.3 Å². The van der Waals surface area contributed by atoms with Gasteiger partial charge >= 0.3 is 0 Å². The second-order valence-corrected chi connectivity index (χ2v) is 5.59. The maximum atomic E-state index is 5.55. The van der Waals surface area contributed by atoms with Gasteiger partial charge in [-0.15, -0.1) is 0 Å². The fourth-order valence-electron chi connectivity index (χ4n) is 1.76. The normalized spacial score (nSPS) is 12.8. The molecule has 0 radical (unpaired) electrons. The predicted molar refractivity (Wildman–Crippen MR) is 76.3 cm³/mol. The zero-order valence-electron chi connectivity index (χ0n) is 10.8. The second kappa shape index (κ2) is 6.11. The largest absolute Gasteiger partial charge is 0.494 e. The molecule has 1 unspecified atom stereocenters. The highest BCUT2D eigenvalue weighted by Gasteiger charge is 2.08. The number of hydrogen-bond donors (Lipinski definition) is 2. The Balaban J connectivity index is 2.16. The maximum absolute atomic E-state index is 5.55. The van der Waals surface area contributed by atoms with Gasteiger partial charge in [0.2, 0.25) is 0 Å². The monoisotopic (exact) mass is 265 g/mol. The highest BCUT2D eigenvalue weighted by Crippen LogP contribution is 2.26. The minimum absolute atomic E-state index is 0.474. The van der Waals surface area contributed by atoms with Gasteiger partial charge in [-0.05, 0) is 32.0 Å². The van der Waals surface area contributed by atoms with E-state index in [9.17, 15) is 0 Å². The smallest absolute Gasteiger partial charge is 0.166 e. The molecular weight excluding hydrogens is 246 g/mol. The van der Waals surface area contributed by atoms with Crippen molar-refractivity contribution in [2.45, 2.75) is 30.7 Å². The summed E-state index contributed by atoms with van der Waals surface area (Å²) in [7, 11) is 0. The molecule has 0 fully saturated rings. The number of hydrogen-bond acceptors (Lipinski definition) is 4. The van der Waals surface area contributed by atoms with Crippen molar-refractivity contribution >= 4 is 22.8 Å². The SMILES string of the molecule is CCOc1ccc2nc(SC(C)CCN)[nH]c2c1. The molecule has 1 heterocycles. The number of benzene rings is 1. The van der Waals surface area contributed by atoms with Crippen molar-refractivity contribution in [1.29, 1.82) is 0 Å². The lowest BCUT2D eigenvalue weighted by Crippen LogP contribution is -2.06. The number of nitrogens with one attached hydrogen (secondary N) is 1. The third kappa shape index (κ3) is 3.17. The van der Waals surface area contributed by atoms with Gasteiger partial charge in [-0.25, -0.2) is 4.98 Å². The Bertz CT molecular complexity index is 512. The topological polar surface area (TPSA) is 63.9 Å². The minimum atomic E-state index is 0.474. The summed E-state index contributed by atoms with van der Waals surface area (Å²) in [4.78, 5) is 7.86. The number of H-pyrrole nitrogens is 1. The van der Waals surface area contributed by atoms with Crippen LogP contribution in [0.2, 0.25) is 0 Å². The molecule has 1 atom stereocenters. The average Bonchev–Trinajstić information content (AvgIpc) is 2.71. The van der Waals surface area contributed by atoms with Crippen LogP contribution in [0.5, 0.6) is 5.75 Å². The van der Waals surface area contributed by atoms with Gasteiger partial charge in [0.15, 0.2) is 5.16 Å². The lowest BCUT2D eigenvalue weighted by atomic mass is 10.3. The molecule has 2 aromatic rings. The summed E-state index contributed by atoms with van der Waals surface area (Å²) in [6.45, 7) is 5.53. The van der Waals surface area contributed by atoms with Gasteiger partial charge in [-0.2, -0.15) is 0 Å². The first kappa shape index (κ1) is 13.2. The third-order valence-corrected chi connectivity index (χ3v) is 3.68. The van der Waals surface area contributed by atoms with E-state index < -0.39 is 0 Å². The number of aromatic nitrogens is 2. The lowest BCUT2D eigenvalue weighted by molar-refractivity contribution is 0.340. The van der Waals surface area contributed by atoms with E-state index >= 15 is 0 Å². The zero-order chi connectivity index (χ0) is 13.0. The van der Waals surface area contributed by atoms with Crippen LogP contribution in [-0.2, 0) is 0 Å². The molecule has 0 aliphatic carbocycles. The van der Waals surface area contributed by atoms with Crippen LogP contribution in [0.1, 0.15) is 20.3 Å². The van der Waals surface area contributed by atoms with Crippen LogP contribution in [0.3, 0.4) is 0 Å². The predicted octanol–water partition coefficient (Wildman–Crippen LogP) is 2.79. The molecule has 18 heavy (non-hydrogen) atoms. The summed E-state index contributed by atoms with van der Waals surface area (Å²) in [6.07, 6.45) is 0.992. The highest BCUT2D eigenvalue weighted by atomic mass is 32.2. The Kier molecular flexibility index (Phi) is 4.49. The molecule has 0 aliphatic heterocycles. The molecule has 0 spiro atoms. The summed E-state index contributed by atoms with van der Waals surface area (Å²) in [6, 6.07) is 5.92. The molecule has 5 heteroatoms. The van der Waals surface area contributed by atoms with Gasteiger partial charge in [0.25, 0.3) is 0 Å². The maximum Gasteiger partial charge on any atom is 0.166 e. The first-order chi connectivity index (χ1) is 8.72. The number of fused-ring (bicyclic) bond motifs is 1. The van der Waals surface area contributed by atoms with E-state index in [1.807, 2.05) is 25.1 Å². The number of rotatable bonds is 6. The molecule has 1 aromatic carbocycles. The van der Waals surface area contributed by atoms with Crippen molar-refractivity contribution in [2.24, 2.45) is 5.73 Å². The molecule has 2 rings (SSSR count). The molecular formula is C13H19N3OS. The van der Waals surface area contributed by atoms with Gasteiger partial charge in [-0.3, -0.25) is 0 Å². The number of imidazole rings is 1. The number of aromatic amines is 1. The van der Waals surface area contributed by atoms with Crippen molar-refractivity contribution in [3.05, 3.63) is 18.2 Å². The van der Waals surface area contributed by atoms with Crippen LogP contribution >= 0.6 is 11.8 Å². The molecule has 0 aliphatic rings. The van der Waals surface area contributed by atoms with Crippen LogP contribution < -0.4 is 10.5 Å². The average molecular weight is 265 g/mol. The lowest BCUT2D eigenvalue weighted by Gasteiger charge is -2.05. The standard InChI is InChI=1S/C13H19N3OS/c1-3-17-10-4-5-11-12(8-10)16-13(15-11)18-9(2)6-7-14/h4-5,8-9H,3,6-7,14H2,1-2H3,(H,15,16). The third-order valence-electron chi connectivity index (χ3n) is 2.63. The Morgan fingerprint density at radius 3 is 3.06 bits per heavy atom.